The van der Waals surface area contributed by atoms with Gasteiger partial charge in [0.15, 0.2) is 0 Å². The second-order valence-electron chi connectivity index (χ2n) is 4.18. The van der Waals surface area contributed by atoms with E-state index in [1.54, 1.807) is 13.2 Å². The van der Waals surface area contributed by atoms with Gasteiger partial charge < -0.3 is 21.5 Å². The molecular weight excluding hydrogens is 204 g/mol. The molecule has 0 aliphatic heterocycles. The van der Waals surface area contributed by atoms with Crippen LogP contribution in [0.25, 0.3) is 0 Å². The van der Waals surface area contributed by atoms with Gasteiger partial charge in [0.05, 0.1) is 11.8 Å². The van der Waals surface area contributed by atoms with Crippen molar-refractivity contribution in [3.05, 3.63) is 12.1 Å². The van der Waals surface area contributed by atoms with E-state index in [2.05, 4.69) is 10.3 Å². The van der Waals surface area contributed by atoms with E-state index in [9.17, 15) is 0 Å². The van der Waals surface area contributed by atoms with Crippen molar-refractivity contribution < 1.29 is 4.74 Å². The summed E-state index contributed by atoms with van der Waals surface area (Å²) in [6.07, 6.45) is 3.58. The third-order valence-corrected chi connectivity index (χ3v) is 3.03. The molecule has 0 spiro atoms. The first-order chi connectivity index (χ1) is 7.69. The Morgan fingerprint density at radius 3 is 2.81 bits per heavy atom. The molecule has 0 radical (unpaired) electrons. The lowest BCUT2D eigenvalue weighted by Gasteiger charge is -2.14. The van der Waals surface area contributed by atoms with Crippen LogP contribution in [0.5, 0.6) is 0 Å². The summed E-state index contributed by atoms with van der Waals surface area (Å²) >= 11 is 0. The average molecular weight is 222 g/mol. The second kappa shape index (κ2) is 4.57. The van der Waals surface area contributed by atoms with E-state index in [4.69, 9.17) is 16.2 Å². The predicted octanol–water partition coefficient (Wildman–Crippen LogP) is 1.23. The Kier molecular flexibility index (Phi) is 3.14. The highest BCUT2D eigenvalue weighted by atomic mass is 16.5. The molecule has 0 saturated heterocycles. The average Bonchev–Trinajstić information content (AvgIpc) is 2.71. The Hall–Kier alpha value is -1.49. The maximum atomic E-state index is 5.65. The van der Waals surface area contributed by atoms with Gasteiger partial charge in [-0.05, 0) is 31.4 Å². The Balaban J connectivity index is 1.97. The largest absolute Gasteiger partial charge is 0.396 e. The summed E-state index contributed by atoms with van der Waals surface area (Å²) in [5, 5.41) is 3.35. The van der Waals surface area contributed by atoms with Crippen LogP contribution in [0.4, 0.5) is 17.3 Å². The van der Waals surface area contributed by atoms with Crippen LogP contribution in [0.15, 0.2) is 12.1 Å². The van der Waals surface area contributed by atoms with Gasteiger partial charge in [0.1, 0.15) is 11.6 Å². The number of nitrogens with two attached hydrogens (primary N) is 2. The van der Waals surface area contributed by atoms with Crippen LogP contribution in [0.2, 0.25) is 0 Å². The van der Waals surface area contributed by atoms with E-state index >= 15 is 0 Å². The standard InChI is InChI=1S/C11H18N4O/c1-16-8-3-2-7(6-8)14-10-5-4-9(12)11(13)15-10/h4-5,7-8H,2-3,6,12H2,1H3,(H3,13,14,15). The van der Waals surface area contributed by atoms with Crippen molar-refractivity contribution in [1.82, 2.24) is 4.98 Å². The summed E-state index contributed by atoms with van der Waals surface area (Å²) in [5.41, 5.74) is 11.8. The zero-order valence-corrected chi connectivity index (χ0v) is 9.44. The van der Waals surface area contributed by atoms with Gasteiger partial charge in [-0.2, -0.15) is 0 Å². The summed E-state index contributed by atoms with van der Waals surface area (Å²) in [7, 11) is 1.76. The van der Waals surface area contributed by atoms with Gasteiger partial charge in [-0.1, -0.05) is 0 Å². The van der Waals surface area contributed by atoms with E-state index in [0.29, 0.717) is 23.7 Å². The van der Waals surface area contributed by atoms with E-state index in [1.807, 2.05) is 6.07 Å². The van der Waals surface area contributed by atoms with E-state index in [1.165, 1.54) is 0 Å². The van der Waals surface area contributed by atoms with Crippen molar-refractivity contribution in [2.45, 2.75) is 31.4 Å². The molecule has 1 saturated carbocycles. The molecule has 5 nitrogen and oxygen atoms in total. The minimum absolute atomic E-state index is 0.364. The van der Waals surface area contributed by atoms with E-state index in [-0.39, 0.29) is 0 Å². The van der Waals surface area contributed by atoms with Gasteiger partial charge in [0, 0.05) is 13.2 Å². The Labute approximate surface area is 95.2 Å². The molecule has 88 valence electrons. The number of aromatic nitrogens is 1. The lowest BCUT2D eigenvalue weighted by molar-refractivity contribution is 0.108. The number of methoxy groups -OCH3 is 1. The van der Waals surface area contributed by atoms with Gasteiger partial charge in [-0.3, -0.25) is 0 Å². The van der Waals surface area contributed by atoms with Gasteiger partial charge in [0.25, 0.3) is 0 Å². The summed E-state index contributed by atoms with van der Waals surface area (Å²) < 4.78 is 5.32. The van der Waals surface area contributed by atoms with Crippen LogP contribution in [-0.4, -0.2) is 24.2 Å². The predicted molar refractivity (Wildman–Crippen MR) is 65.1 cm³/mol. The molecule has 1 aromatic rings. The molecule has 0 amide bonds. The number of nitrogens with one attached hydrogen (secondary N) is 1. The molecule has 16 heavy (non-hydrogen) atoms. The number of nitrogen functional groups attached to an aromatic ring is 2. The van der Waals surface area contributed by atoms with Gasteiger partial charge >= 0.3 is 0 Å². The third kappa shape index (κ3) is 2.36. The van der Waals surface area contributed by atoms with Crippen LogP contribution >= 0.6 is 0 Å². The molecule has 5 heteroatoms. The van der Waals surface area contributed by atoms with Crippen LogP contribution in [0.3, 0.4) is 0 Å². The van der Waals surface area contributed by atoms with Crippen molar-refractivity contribution in [3.8, 4) is 0 Å². The molecule has 1 fully saturated rings. The number of hydrogen-bond acceptors (Lipinski definition) is 5. The maximum Gasteiger partial charge on any atom is 0.149 e. The molecule has 2 atom stereocenters. The Morgan fingerprint density at radius 2 is 2.19 bits per heavy atom. The number of nitrogens with zero attached hydrogens (tertiary/aromatic N) is 1. The third-order valence-electron chi connectivity index (χ3n) is 3.03. The van der Waals surface area contributed by atoms with Gasteiger partial charge in [0.2, 0.25) is 0 Å². The first-order valence-corrected chi connectivity index (χ1v) is 5.50. The number of hydrogen-bond donors (Lipinski definition) is 3. The molecule has 0 aromatic carbocycles. The smallest absolute Gasteiger partial charge is 0.149 e. The van der Waals surface area contributed by atoms with E-state index in [0.717, 1.165) is 25.1 Å². The van der Waals surface area contributed by atoms with Crippen molar-refractivity contribution in [1.29, 1.82) is 0 Å². The number of rotatable bonds is 3. The number of anilines is 3. The molecule has 2 rings (SSSR count). The van der Waals surface area contributed by atoms with Crippen molar-refractivity contribution >= 4 is 17.3 Å². The molecule has 2 unspecified atom stereocenters. The Bertz CT molecular complexity index is 369. The monoisotopic (exact) mass is 222 g/mol. The highest BCUT2D eigenvalue weighted by molar-refractivity contribution is 5.61. The first-order valence-electron chi connectivity index (χ1n) is 5.50. The highest BCUT2D eigenvalue weighted by Gasteiger charge is 2.24. The fraction of sp³-hybridized carbons (Fsp3) is 0.545. The van der Waals surface area contributed by atoms with Crippen molar-refractivity contribution in [2.24, 2.45) is 0 Å². The van der Waals surface area contributed by atoms with Crippen LogP contribution < -0.4 is 16.8 Å². The van der Waals surface area contributed by atoms with Crippen molar-refractivity contribution in [2.75, 3.05) is 23.9 Å². The lowest BCUT2D eigenvalue weighted by atomic mass is 10.2. The summed E-state index contributed by atoms with van der Waals surface area (Å²) in [5.74, 6) is 1.17. The van der Waals surface area contributed by atoms with Crippen LogP contribution in [-0.2, 0) is 4.74 Å². The van der Waals surface area contributed by atoms with Gasteiger partial charge in [-0.15, -0.1) is 0 Å². The maximum absolute atomic E-state index is 5.65. The van der Waals surface area contributed by atoms with Gasteiger partial charge in [-0.25, -0.2) is 4.98 Å². The molecule has 1 aliphatic rings. The molecular formula is C11H18N4O. The van der Waals surface area contributed by atoms with Crippen molar-refractivity contribution in [3.63, 3.8) is 0 Å². The topological polar surface area (TPSA) is 86.2 Å². The summed E-state index contributed by atoms with van der Waals surface area (Å²) in [6.45, 7) is 0. The number of pyridine rings is 1. The second-order valence-corrected chi connectivity index (χ2v) is 4.18. The molecule has 1 aromatic heterocycles. The molecule has 1 heterocycles. The fourth-order valence-electron chi connectivity index (χ4n) is 2.06. The normalized spacial score (nSPS) is 24.6. The zero-order valence-electron chi connectivity index (χ0n) is 9.44. The highest BCUT2D eigenvalue weighted by Crippen LogP contribution is 2.25. The van der Waals surface area contributed by atoms with Crippen LogP contribution in [0, 0.1) is 0 Å². The lowest BCUT2D eigenvalue weighted by Crippen LogP contribution is -2.18. The quantitative estimate of drug-likeness (QED) is 0.716. The summed E-state index contributed by atoms with van der Waals surface area (Å²) in [6, 6.07) is 4.04. The van der Waals surface area contributed by atoms with Crippen LogP contribution in [0.1, 0.15) is 19.3 Å². The zero-order chi connectivity index (χ0) is 11.5. The first kappa shape index (κ1) is 11.0. The van der Waals surface area contributed by atoms with E-state index < -0.39 is 0 Å². The fourth-order valence-corrected chi connectivity index (χ4v) is 2.06. The SMILES string of the molecule is COC1CCC(Nc2ccc(N)c(N)n2)C1. The molecule has 0 bridgehead atoms. The molecule has 5 N–H and O–H groups in total. The minimum Gasteiger partial charge on any atom is -0.396 e. The summed E-state index contributed by atoms with van der Waals surface area (Å²) in [4.78, 5) is 4.19. The minimum atomic E-state index is 0.364. The number of ether oxygens (including phenoxy) is 1. The Morgan fingerprint density at radius 1 is 1.38 bits per heavy atom. The molecule has 1 aliphatic carbocycles.